The fourth-order valence-corrected chi connectivity index (χ4v) is 2.52. The van der Waals surface area contributed by atoms with E-state index in [0.717, 1.165) is 17.0 Å². The first-order chi connectivity index (χ1) is 10.5. The van der Waals surface area contributed by atoms with Gasteiger partial charge in [0.15, 0.2) is 0 Å². The summed E-state index contributed by atoms with van der Waals surface area (Å²) in [4.78, 5) is 23.7. The second-order valence-electron chi connectivity index (χ2n) is 5.20. The van der Waals surface area contributed by atoms with Crippen molar-refractivity contribution in [1.29, 1.82) is 0 Å². The summed E-state index contributed by atoms with van der Waals surface area (Å²) in [7, 11) is 0. The van der Waals surface area contributed by atoms with Crippen molar-refractivity contribution in [2.45, 2.75) is 20.4 Å². The highest BCUT2D eigenvalue weighted by Crippen LogP contribution is 2.18. The molecule has 22 heavy (non-hydrogen) atoms. The number of nitrogens with one attached hydrogen (secondary N) is 1. The van der Waals surface area contributed by atoms with Gasteiger partial charge in [0.05, 0.1) is 5.69 Å². The molecule has 3 aromatic rings. The van der Waals surface area contributed by atoms with Crippen LogP contribution in [0.2, 0.25) is 5.02 Å². The van der Waals surface area contributed by atoms with Crippen LogP contribution in [0.4, 0.5) is 5.69 Å². The molecule has 112 valence electrons. The Balaban J connectivity index is 1.88. The zero-order valence-corrected chi connectivity index (χ0v) is 12.9. The van der Waals surface area contributed by atoms with E-state index < -0.39 is 10.9 Å². The minimum atomic E-state index is -0.509. The molecule has 0 saturated carbocycles. The molecule has 0 atom stereocenters. The molecule has 1 N–H and O–H groups in total. The van der Waals surface area contributed by atoms with Crippen LogP contribution < -0.4 is 16.2 Å². The fourth-order valence-electron chi connectivity index (χ4n) is 2.39. The predicted molar refractivity (Wildman–Crippen MR) is 86.7 cm³/mol. The number of hydrogen-bond acceptors (Lipinski definition) is 4. The standard InChI is InChI=1S/C16H14ClN3O2/c1-9-7-10(2)20(19-9)14-13(15(21)16(14)22)18-8-11-3-5-12(17)6-4-11/h3-7,18H,8H2,1-2H3. The molecular weight excluding hydrogens is 302 g/mol. The Bertz CT molecular complexity index is 903. The van der Waals surface area contributed by atoms with Crippen LogP contribution in [0.5, 0.6) is 0 Å². The number of halogens is 1. The van der Waals surface area contributed by atoms with Crippen LogP contribution in [0.3, 0.4) is 0 Å². The molecule has 0 saturated heterocycles. The van der Waals surface area contributed by atoms with Gasteiger partial charge in [-0.1, -0.05) is 23.7 Å². The highest BCUT2D eigenvalue weighted by atomic mass is 35.5. The van der Waals surface area contributed by atoms with Crippen LogP contribution in [-0.4, -0.2) is 9.78 Å². The zero-order chi connectivity index (χ0) is 15.9. The fraction of sp³-hybridized carbons (Fsp3) is 0.188. The average molecular weight is 316 g/mol. The Morgan fingerprint density at radius 1 is 1.14 bits per heavy atom. The number of aromatic nitrogens is 2. The number of anilines is 1. The molecule has 0 unspecified atom stereocenters. The first-order valence-electron chi connectivity index (χ1n) is 6.82. The van der Waals surface area contributed by atoms with Gasteiger partial charge in [-0.2, -0.15) is 5.10 Å². The second kappa shape index (κ2) is 5.42. The Kier molecular flexibility index (Phi) is 3.58. The van der Waals surface area contributed by atoms with Gasteiger partial charge in [-0.25, -0.2) is 4.68 Å². The minimum Gasteiger partial charge on any atom is -0.376 e. The molecule has 0 radical (unpaired) electrons. The molecule has 0 amide bonds. The molecule has 6 heteroatoms. The number of hydrogen-bond donors (Lipinski definition) is 1. The summed E-state index contributed by atoms with van der Waals surface area (Å²) in [6.07, 6.45) is 0. The highest BCUT2D eigenvalue weighted by molar-refractivity contribution is 6.30. The van der Waals surface area contributed by atoms with Crippen LogP contribution >= 0.6 is 11.6 Å². The Morgan fingerprint density at radius 2 is 1.82 bits per heavy atom. The van der Waals surface area contributed by atoms with Crippen molar-refractivity contribution >= 4 is 17.3 Å². The molecule has 0 aliphatic rings. The quantitative estimate of drug-likeness (QED) is 0.751. The maximum Gasteiger partial charge on any atom is 0.255 e. The Hall–Kier alpha value is -2.40. The lowest BCUT2D eigenvalue weighted by Crippen LogP contribution is -2.39. The van der Waals surface area contributed by atoms with Crippen molar-refractivity contribution in [2.75, 3.05) is 5.32 Å². The molecule has 3 rings (SSSR count). The van der Waals surface area contributed by atoms with E-state index in [1.54, 1.807) is 12.1 Å². The largest absolute Gasteiger partial charge is 0.376 e. The van der Waals surface area contributed by atoms with E-state index in [0.29, 0.717) is 22.9 Å². The summed E-state index contributed by atoms with van der Waals surface area (Å²) in [6, 6.07) is 9.15. The van der Waals surface area contributed by atoms with Gasteiger partial charge in [-0.05, 0) is 37.6 Å². The summed E-state index contributed by atoms with van der Waals surface area (Å²) >= 11 is 5.84. The van der Waals surface area contributed by atoms with Crippen molar-refractivity contribution in [2.24, 2.45) is 0 Å². The molecular formula is C16H14ClN3O2. The van der Waals surface area contributed by atoms with E-state index in [9.17, 15) is 9.59 Å². The molecule has 0 bridgehead atoms. The van der Waals surface area contributed by atoms with E-state index in [2.05, 4.69) is 10.4 Å². The average Bonchev–Trinajstić information content (AvgIpc) is 2.82. The maximum absolute atomic E-state index is 11.9. The van der Waals surface area contributed by atoms with Crippen LogP contribution in [-0.2, 0) is 6.54 Å². The summed E-state index contributed by atoms with van der Waals surface area (Å²) < 4.78 is 1.52. The lowest BCUT2D eigenvalue weighted by molar-refractivity contribution is 0.817. The second-order valence-corrected chi connectivity index (χ2v) is 5.64. The van der Waals surface area contributed by atoms with E-state index in [1.165, 1.54) is 4.68 Å². The smallest absolute Gasteiger partial charge is 0.255 e. The predicted octanol–water partition coefficient (Wildman–Crippen LogP) is 2.35. The third-order valence-corrected chi connectivity index (χ3v) is 3.74. The number of aryl methyl sites for hydroxylation is 2. The minimum absolute atomic E-state index is 0.310. The van der Waals surface area contributed by atoms with Gasteiger partial charge in [0, 0.05) is 17.3 Å². The van der Waals surface area contributed by atoms with E-state index in [1.807, 2.05) is 32.0 Å². The highest BCUT2D eigenvalue weighted by Gasteiger charge is 2.24. The first-order valence-corrected chi connectivity index (χ1v) is 7.20. The molecule has 0 fully saturated rings. The van der Waals surface area contributed by atoms with E-state index in [-0.39, 0.29) is 0 Å². The maximum atomic E-state index is 11.9. The number of rotatable bonds is 4. The summed E-state index contributed by atoms with van der Waals surface area (Å²) in [6.45, 7) is 4.13. The lowest BCUT2D eigenvalue weighted by atomic mass is 10.1. The molecule has 0 aliphatic carbocycles. The summed E-state index contributed by atoms with van der Waals surface area (Å²) in [5.74, 6) is 0. The van der Waals surface area contributed by atoms with Gasteiger partial charge in [0.1, 0.15) is 11.4 Å². The monoisotopic (exact) mass is 315 g/mol. The first kappa shape index (κ1) is 14.5. The van der Waals surface area contributed by atoms with Crippen molar-refractivity contribution in [1.82, 2.24) is 9.78 Å². The lowest BCUT2D eigenvalue weighted by Gasteiger charge is -2.14. The van der Waals surface area contributed by atoms with Crippen LogP contribution in [0.15, 0.2) is 39.9 Å². The third kappa shape index (κ3) is 2.44. The normalized spacial score (nSPS) is 11.0. The Labute approximate surface area is 131 Å². The van der Waals surface area contributed by atoms with Crippen LogP contribution in [0, 0.1) is 13.8 Å². The van der Waals surface area contributed by atoms with Gasteiger partial charge >= 0.3 is 0 Å². The molecule has 1 heterocycles. The van der Waals surface area contributed by atoms with Gasteiger partial charge in [-0.15, -0.1) is 0 Å². The van der Waals surface area contributed by atoms with Crippen molar-refractivity contribution in [3.8, 4) is 5.69 Å². The Morgan fingerprint density at radius 3 is 2.41 bits per heavy atom. The van der Waals surface area contributed by atoms with Crippen LogP contribution in [0.25, 0.3) is 5.69 Å². The molecule has 0 spiro atoms. The number of nitrogens with zero attached hydrogens (tertiary/aromatic N) is 2. The summed E-state index contributed by atoms with van der Waals surface area (Å²) in [5.41, 5.74) is 2.20. The molecule has 1 aromatic heterocycles. The number of benzene rings is 1. The van der Waals surface area contributed by atoms with Gasteiger partial charge in [0.25, 0.3) is 10.9 Å². The zero-order valence-electron chi connectivity index (χ0n) is 12.2. The summed E-state index contributed by atoms with van der Waals surface area (Å²) in [5, 5.41) is 7.94. The van der Waals surface area contributed by atoms with Crippen molar-refractivity contribution in [3.63, 3.8) is 0 Å². The molecule has 0 aliphatic heterocycles. The molecule has 5 nitrogen and oxygen atoms in total. The van der Waals surface area contributed by atoms with Crippen molar-refractivity contribution < 1.29 is 0 Å². The third-order valence-electron chi connectivity index (χ3n) is 3.49. The van der Waals surface area contributed by atoms with Crippen LogP contribution in [0.1, 0.15) is 17.0 Å². The van der Waals surface area contributed by atoms with Gasteiger partial charge < -0.3 is 5.32 Å². The van der Waals surface area contributed by atoms with Crippen molar-refractivity contribution in [3.05, 3.63) is 72.8 Å². The van der Waals surface area contributed by atoms with Gasteiger partial charge in [0.2, 0.25) is 0 Å². The topological polar surface area (TPSA) is 64.0 Å². The van der Waals surface area contributed by atoms with E-state index >= 15 is 0 Å². The van der Waals surface area contributed by atoms with Gasteiger partial charge in [-0.3, -0.25) is 9.59 Å². The SMILES string of the molecule is Cc1cc(C)n(-c2c(NCc3ccc(Cl)cc3)c(=O)c2=O)n1. The van der Waals surface area contributed by atoms with E-state index in [4.69, 9.17) is 11.6 Å². The molecule has 2 aromatic carbocycles.